The number of halogens is 8. The fourth-order valence-electron chi connectivity index (χ4n) is 9.79. The van der Waals surface area contributed by atoms with Gasteiger partial charge in [0.05, 0.1) is 60.4 Å². The van der Waals surface area contributed by atoms with E-state index in [0.29, 0.717) is 90.5 Å². The largest absolute Gasteiger partial charge is 0.496 e. The summed E-state index contributed by atoms with van der Waals surface area (Å²) < 4.78 is 106. The number of aromatic nitrogens is 2. The van der Waals surface area contributed by atoms with Crippen LogP contribution < -0.4 is 18.9 Å². The molecule has 10 rings (SSSR count). The van der Waals surface area contributed by atoms with Gasteiger partial charge in [0, 0.05) is 90.9 Å². The molecule has 70 heavy (non-hydrogen) atoms. The Labute approximate surface area is 406 Å². The Morgan fingerprint density at radius 1 is 0.629 bits per heavy atom. The fraction of sp³-hybridized carbons (Fsp3) is 0.300. The van der Waals surface area contributed by atoms with Crippen LogP contribution in [0.15, 0.2) is 97.1 Å². The number of benzene rings is 4. The van der Waals surface area contributed by atoms with Crippen molar-refractivity contribution >= 4 is 41.3 Å². The summed E-state index contributed by atoms with van der Waals surface area (Å²) in [4.78, 5) is 41.1. The minimum absolute atomic E-state index is 0.110. The van der Waals surface area contributed by atoms with Crippen LogP contribution in [0.5, 0.6) is 23.0 Å². The Kier molecular flexibility index (Phi) is 12.6. The van der Waals surface area contributed by atoms with Crippen LogP contribution in [0.25, 0.3) is 11.4 Å². The highest BCUT2D eigenvalue weighted by Gasteiger charge is 2.47. The van der Waals surface area contributed by atoms with Crippen molar-refractivity contribution in [1.82, 2.24) is 18.9 Å². The molecule has 0 saturated carbocycles. The van der Waals surface area contributed by atoms with E-state index < -0.39 is 52.1 Å². The van der Waals surface area contributed by atoms with Crippen molar-refractivity contribution in [1.29, 1.82) is 0 Å². The molecule has 6 aromatic rings. The molecule has 0 bridgehead atoms. The summed E-state index contributed by atoms with van der Waals surface area (Å²) >= 11 is 12.4. The second-order valence-electron chi connectivity index (χ2n) is 17.1. The molecule has 2 saturated heterocycles. The van der Waals surface area contributed by atoms with Gasteiger partial charge in [-0.15, -0.1) is 0 Å². The zero-order valence-electron chi connectivity index (χ0n) is 37.3. The first kappa shape index (κ1) is 48.4. The molecule has 0 radical (unpaired) electrons. The standard InChI is InChI=1S/C25H22ClF3N2O4.C25H20ClF3N2O4/c2*1-34-20-12-15(2-5-18(20)25(27,28)29)23(33)30-10-8-24(9-11-30)22-7-4-17(14-32)31(22)19-6-3-16(26)13-21(19)35-24/h2-7,12-13,32H,8-11,14H2,1H3;2-7,12-14H,8-11H2,1H3. The normalized spacial score (nSPS) is 16.4. The Balaban J connectivity index is 0.000000174. The number of rotatable bonds is 6. The third-order valence-corrected chi connectivity index (χ3v) is 13.7. The summed E-state index contributed by atoms with van der Waals surface area (Å²) in [6.07, 6.45) is -6.64. The van der Waals surface area contributed by atoms with Crippen molar-refractivity contribution in [2.45, 2.75) is 55.8 Å². The summed E-state index contributed by atoms with van der Waals surface area (Å²) in [6, 6.07) is 24.2. The van der Waals surface area contributed by atoms with Gasteiger partial charge >= 0.3 is 12.4 Å². The minimum atomic E-state index is -4.59. The highest BCUT2D eigenvalue weighted by Crippen LogP contribution is 2.49. The number of carbonyl (C=O) groups is 3. The number of fused-ring (bicyclic) bond motifs is 8. The maximum absolute atomic E-state index is 13.2. The molecule has 4 aliphatic rings. The Hall–Kier alpha value is -6.63. The van der Waals surface area contributed by atoms with Gasteiger partial charge in [0.2, 0.25) is 0 Å². The molecule has 1 N–H and O–H groups in total. The van der Waals surface area contributed by atoms with Crippen molar-refractivity contribution in [2.24, 2.45) is 0 Å². The average Bonchev–Trinajstić information content (AvgIpc) is 4.00. The van der Waals surface area contributed by atoms with Crippen LogP contribution in [0.1, 0.15) is 85.1 Å². The van der Waals surface area contributed by atoms with E-state index in [9.17, 15) is 45.8 Å². The lowest BCUT2D eigenvalue weighted by Gasteiger charge is -2.45. The van der Waals surface area contributed by atoms with Gasteiger partial charge in [-0.25, -0.2) is 0 Å². The second-order valence-corrected chi connectivity index (χ2v) is 18.0. The summed E-state index contributed by atoms with van der Waals surface area (Å²) in [5.74, 6) is -0.442. The zero-order chi connectivity index (χ0) is 49.9. The second kappa shape index (κ2) is 18.3. The van der Waals surface area contributed by atoms with Gasteiger partial charge in [0.25, 0.3) is 11.8 Å². The molecule has 12 nitrogen and oxygen atoms in total. The number of carbonyl (C=O) groups excluding carboxylic acids is 3. The number of aldehydes is 1. The number of piperidine rings is 2. The number of hydrogen-bond acceptors (Lipinski definition) is 8. The van der Waals surface area contributed by atoms with E-state index in [-0.39, 0.29) is 23.6 Å². The van der Waals surface area contributed by atoms with Crippen LogP contribution in [0.3, 0.4) is 0 Å². The van der Waals surface area contributed by atoms with Crippen LogP contribution in [-0.2, 0) is 30.2 Å². The summed E-state index contributed by atoms with van der Waals surface area (Å²) in [6.45, 7) is 1.12. The van der Waals surface area contributed by atoms with E-state index in [1.165, 1.54) is 6.07 Å². The van der Waals surface area contributed by atoms with Crippen molar-refractivity contribution in [3.05, 3.63) is 152 Å². The van der Waals surface area contributed by atoms with Crippen molar-refractivity contribution in [3.63, 3.8) is 0 Å². The summed E-state index contributed by atoms with van der Waals surface area (Å²) in [7, 11) is 2.28. The third-order valence-electron chi connectivity index (χ3n) is 13.2. The molecule has 0 atom stereocenters. The van der Waals surface area contributed by atoms with Crippen LogP contribution >= 0.6 is 23.2 Å². The van der Waals surface area contributed by atoms with E-state index >= 15 is 0 Å². The van der Waals surface area contributed by atoms with E-state index in [2.05, 4.69) is 0 Å². The van der Waals surface area contributed by atoms with Crippen molar-refractivity contribution in [2.75, 3.05) is 40.4 Å². The molecule has 0 aliphatic carbocycles. The molecule has 4 aliphatic heterocycles. The third kappa shape index (κ3) is 8.59. The lowest BCUT2D eigenvalue weighted by atomic mass is 9.86. The van der Waals surface area contributed by atoms with E-state index in [1.807, 2.05) is 33.4 Å². The minimum Gasteiger partial charge on any atom is -0.496 e. The molecular weight excluding hydrogens is 969 g/mol. The van der Waals surface area contributed by atoms with Gasteiger partial charge in [0.1, 0.15) is 23.0 Å². The van der Waals surface area contributed by atoms with Gasteiger partial charge in [-0.05, 0) is 84.9 Å². The SMILES string of the molecule is COc1cc(C(=O)N2CCC3(CC2)Oc2cc(Cl)ccc2-n2c(C=O)ccc23)ccc1C(F)(F)F.COc1cc(C(=O)N2CCC3(CC2)Oc2cc(Cl)ccc2-n2c(CO)ccc23)ccc1C(F)(F)F. The number of alkyl halides is 6. The molecule has 2 amide bonds. The number of hydrogen-bond donors (Lipinski definition) is 1. The first-order valence-electron chi connectivity index (χ1n) is 21.9. The summed E-state index contributed by atoms with van der Waals surface area (Å²) in [5, 5.41) is 10.9. The van der Waals surface area contributed by atoms with Gasteiger partial charge in [-0.1, -0.05) is 23.2 Å². The summed E-state index contributed by atoms with van der Waals surface area (Å²) in [5.41, 5.74) is 1.19. The van der Waals surface area contributed by atoms with Crippen molar-refractivity contribution < 1.29 is 64.8 Å². The van der Waals surface area contributed by atoms with Crippen LogP contribution in [0.4, 0.5) is 26.3 Å². The topological polar surface area (TPSA) is 125 Å². The van der Waals surface area contributed by atoms with Gasteiger partial charge in [0.15, 0.2) is 17.5 Å². The molecule has 2 aromatic heterocycles. The highest BCUT2D eigenvalue weighted by atomic mass is 35.5. The molecule has 2 spiro atoms. The van der Waals surface area contributed by atoms with Crippen LogP contribution in [0.2, 0.25) is 10.0 Å². The highest BCUT2D eigenvalue weighted by molar-refractivity contribution is 6.31. The molecule has 20 heteroatoms. The van der Waals surface area contributed by atoms with E-state index in [1.54, 1.807) is 46.2 Å². The number of nitrogens with zero attached hydrogens (tertiary/aromatic N) is 4. The van der Waals surface area contributed by atoms with E-state index in [4.69, 9.17) is 42.1 Å². The monoisotopic (exact) mass is 1010 g/mol. The van der Waals surface area contributed by atoms with Crippen molar-refractivity contribution in [3.8, 4) is 34.4 Å². The number of methoxy groups -OCH3 is 2. The Bertz CT molecular complexity index is 3030. The van der Waals surface area contributed by atoms with Crippen LogP contribution in [0, 0.1) is 0 Å². The zero-order valence-corrected chi connectivity index (χ0v) is 38.8. The average molecular weight is 1010 g/mol. The number of amides is 2. The fourth-order valence-corrected chi connectivity index (χ4v) is 10.1. The number of likely N-dealkylation sites (tertiary alicyclic amines) is 2. The quantitative estimate of drug-likeness (QED) is 0.129. The van der Waals surface area contributed by atoms with Gasteiger partial charge in [-0.2, -0.15) is 26.3 Å². The lowest BCUT2D eigenvalue weighted by molar-refractivity contribution is -0.139. The smallest absolute Gasteiger partial charge is 0.419 e. The molecule has 2 fully saturated rings. The lowest BCUT2D eigenvalue weighted by Crippen LogP contribution is -2.50. The number of aliphatic hydroxyl groups excluding tert-OH is 1. The Morgan fingerprint density at radius 2 is 1.06 bits per heavy atom. The predicted octanol–water partition coefficient (Wildman–Crippen LogP) is 10.7. The predicted molar refractivity (Wildman–Crippen MR) is 244 cm³/mol. The first-order chi connectivity index (χ1) is 33.3. The molecule has 0 unspecified atom stereocenters. The maximum atomic E-state index is 13.2. The maximum Gasteiger partial charge on any atom is 0.419 e. The molecule has 366 valence electrons. The first-order valence-corrected chi connectivity index (χ1v) is 22.7. The van der Waals surface area contributed by atoms with Gasteiger partial charge < -0.3 is 43.0 Å². The van der Waals surface area contributed by atoms with E-state index in [0.717, 1.165) is 67.9 Å². The van der Waals surface area contributed by atoms with Gasteiger partial charge in [-0.3, -0.25) is 14.4 Å². The Morgan fingerprint density at radius 3 is 1.47 bits per heavy atom. The molecular formula is C50H42Cl2F6N4O8. The number of aliphatic hydroxyl groups is 1. The molecule has 6 heterocycles. The van der Waals surface area contributed by atoms with Crippen LogP contribution in [-0.4, -0.2) is 82.5 Å². The molecule has 4 aromatic carbocycles. The number of ether oxygens (including phenoxy) is 4.